The Morgan fingerprint density at radius 3 is 2.35 bits per heavy atom. The van der Waals surface area contributed by atoms with E-state index in [2.05, 4.69) is 9.47 Å². The van der Waals surface area contributed by atoms with E-state index in [-0.39, 0.29) is 0 Å². The van der Waals surface area contributed by atoms with Crippen LogP contribution in [0.2, 0.25) is 0 Å². The fourth-order valence-electron chi connectivity index (χ4n) is 1.76. The molecule has 0 saturated carbocycles. The topological polar surface area (TPSA) is 72.8 Å². The summed E-state index contributed by atoms with van der Waals surface area (Å²) in [4.78, 5) is 23.2. The molecule has 0 spiro atoms. The number of methoxy groups -OCH3 is 2. The van der Waals surface area contributed by atoms with Crippen molar-refractivity contribution < 1.29 is 24.2 Å². The van der Waals surface area contributed by atoms with E-state index in [9.17, 15) is 14.7 Å². The average molecular weight is 280 g/mol. The lowest BCUT2D eigenvalue weighted by molar-refractivity contribution is -0.136. The number of carbonyl (C=O) groups excluding carboxylic acids is 2. The van der Waals surface area contributed by atoms with Crippen LogP contribution in [-0.2, 0) is 19.1 Å². The number of esters is 2. The first kappa shape index (κ1) is 16.2. The van der Waals surface area contributed by atoms with Crippen LogP contribution in [-0.4, -0.2) is 36.9 Å². The smallest absolute Gasteiger partial charge is 0.337 e. The van der Waals surface area contributed by atoms with Gasteiger partial charge in [-0.1, -0.05) is 6.08 Å². The van der Waals surface area contributed by atoms with Gasteiger partial charge in [0.2, 0.25) is 0 Å². The van der Waals surface area contributed by atoms with Crippen molar-refractivity contribution in [3.05, 3.63) is 34.9 Å². The molecule has 110 valence electrons. The summed E-state index contributed by atoms with van der Waals surface area (Å²) in [6.07, 6.45) is 5.72. The van der Waals surface area contributed by atoms with Crippen LogP contribution in [0.25, 0.3) is 0 Å². The first-order valence-electron chi connectivity index (χ1n) is 6.27. The first-order chi connectivity index (χ1) is 9.26. The van der Waals surface area contributed by atoms with E-state index in [1.54, 1.807) is 26.0 Å². The van der Waals surface area contributed by atoms with Crippen molar-refractivity contribution in [3.8, 4) is 0 Å². The lowest BCUT2D eigenvalue weighted by Gasteiger charge is -2.17. The summed E-state index contributed by atoms with van der Waals surface area (Å²) in [5.74, 6) is -0.992. The molecule has 20 heavy (non-hydrogen) atoms. The Morgan fingerprint density at radius 2 is 1.85 bits per heavy atom. The molecule has 5 nitrogen and oxygen atoms in total. The Hall–Kier alpha value is -1.88. The van der Waals surface area contributed by atoms with Gasteiger partial charge in [-0.2, -0.15) is 0 Å². The Labute approximate surface area is 118 Å². The molecule has 0 unspecified atom stereocenters. The van der Waals surface area contributed by atoms with E-state index in [1.165, 1.54) is 20.3 Å². The average Bonchev–Trinajstić information content (AvgIpc) is 2.42. The van der Waals surface area contributed by atoms with Crippen LogP contribution in [0.5, 0.6) is 0 Å². The zero-order valence-corrected chi connectivity index (χ0v) is 12.2. The minimum absolute atomic E-state index is 0.293. The summed E-state index contributed by atoms with van der Waals surface area (Å²) in [7, 11) is 2.57. The summed E-state index contributed by atoms with van der Waals surface area (Å²) < 4.78 is 9.35. The van der Waals surface area contributed by atoms with Gasteiger partial charge in [-0.3, -0.25) is 0 Å². The van der Waals surface area contributed by atoms with Crippen LogP contribution in [0.15, 0.2) is 34.9 Å². The van der Waals surface area contributed by atoms with Gasteiger partial charge in [0.25, 0.3) is 0 Å². The maximum Gasteiger partial charge on any atom is 0.337 e. The van der Waals surface area contributed by atoms with Crippen LogP contribution in [0.3, 0.4) is 0 Å². The van der Waals surface area contributed by atoms with Crippen molar-refractivity contribution in [2.45, 2.75) is 32.3 Å². The number of ether oxygens (including phenoxy) is 2. The van der Waals surface area contributed by atoms with Crippen molar-refractivity contribution in [3.63, 3.8) is 0 Å². The summed E-state index contributed by atoms with van der Waals surface area (Å²) in [6.45, 7) is 3.38. The summed E-state index contributed by atoms with van der Waals surface area (Å²) in [5.41, 5.74) is 0.604. The van der Waals surface area contributed by atoms with Crippen molar-refractivity contribution in [1.29, 1.82) is 0 Å². The van der Waals surface area contributed by atoms with Crippen molar-refractivity contribution in [2.75, 3.05) is 14.2 Å². The maximum absolute atomic E-state index is 11.6. The fourth-order valence-corrected chi connectivity index (χ4v) is 1.76. The fraction of sp³-hybridized carbons (Fsp3) is 0.467. The lowest BCUT2D eigenvalue weighted by Crippen LogP contribution is -2.17. The van der Waals surface area contributed by atoms with Gasteiger partial charge >= 0.3 is 11.9 Å². The number of aliphatic hydroxyl groups is 1. The molecule has 0 radical (unpaired) electrons. The van der Waals surface area contributed by atoms with Crippen LogP contribution >= 0.6 is 0 Å². The maximum atomic E-state index is 11.6. The van der Waals surface area contributed by atoms with Gasteiger partial charge in [0, 0.05) is 12.0 Å². The largest absolute Gasteiger partial charge is 0.466 e. The second-order valence-electron chi connectivity index (χ2n) is 5.22. The van der Waals surface area contributed by atoms with Gasteiger partial charge in [0.15, 0.2) is 0 Å². The minimum Gasteiger partial charge on any atom is -0.466 e. The second-order valence-corrected chi connectivity index (χ2v) is 5.22. The van der Waals surface area contributed by atoms with Crippen molar-refractivity contribution in [1.82, 2.24) is 0 Å². The quantitative estimate of drug-likeness (QED) is 0.793. The molecule has 0 heterocycles. The standard InChI is InChI=1S/C15H20O5/c1-15(2,18)6-5-10-7-11(13(16)19-3)9-12(8-10)14(17)20-4/h5,7,9,18H,6,8H2,1-4H3. The third-order valence-corrected chi connectivity index (χ3v) is 2.80. The lowest BCUT2D eigenvalue weighted by atomic mass is 9.92. The van der Waals surface area contributed by atoms with E-state index < -0.39 is 17.5 Å². The van der Waals surface area contributed by atoms with Gasteiger partial charge in [-0.15, -0.1) is 0 Å². The molecule has 0 fully saturated rings. The molecule has 0 saturated heterocycles. The predicted octanol–water partition coefficient (Wildman–Crippen LogP) is 1.68. The van der Waals surface area contributed by atoms with Gasteiger partial charge in [0.1, 0.15) is 0 Å². The van der Waals surface area contributed by atoms with Crippen LogP contribution in [0.1, 0.15) is 26.7 Å². The zero-order chi connectivity index (χ0) is 15.3. The molecule has 1 rings (SSSR count). The third kappa shape index (κ3) is 4.66. The number of allylic oxidation sites excluding steroid dienone is 2. The number of hydrogen-bond acceptors (Lipinski definition) is 5. The van der Waals surface area contributed by atoms with Crippen LogP contribution in [0, 0.1) is 0 Å². The molecule has 0 aliphatic heterocycles. The van der Waals surface area contributed by atoms with Gasteiger partial charge in [-0.25, -0.2) is 9.59 Å². The van der Waals surface area contributed by atoms with E-state index in [0.29, 0.717) is 24.0 Å². The molecule has 0 amide bonds. The molecule has 0 atom stereocenters. The highest BCUT2D eigenvalue weighted by atomic mass is 16.5. The third-order valence-electron chi connectivity index (χ3n) is 2.80. The van der Waals surface area contributed by atoms with E-state index in [1.807, 2.05) is 0 Å². The molecule has 0 aromatic heterocycles. The normalized spacial score (nSPS) is 17.4. The van der Waals surface area contributed by atoms with Gasteiger partial charge in [-0.05, 0) is 38.0 Å². The molecule has 1 aliphatic rings. The molecule has 0 aromatic rings. The van der Waals surface area contributed by atoms with Crippen molar-refractivity contribution in [2.24, 2.45) is 0 Å². The van der Waals surface area contributed by atoms with Crippen molar-refractivity contribution >= 4 is 11.9 Å². The minimum atomic E-state index is -0.848. The van der Waals surface area contributed by atoms with E-state index in [0.717, 1.165) is 5.57 Å². The van der Waals surface area contributed by atoms with E-state index in [4.69, 9.17) is 0 Å². The molecule has 5 heteroatoms. The zero-order valence-electron chi connectivity index (χ0n) is 12.2. The highest BCUT2D eigenvalue weighted by Gasteiger charge is 2.21. The molecule has 0 bridgehead atoms. The molecular formula is C15H20O5. The van der Waals surface area contributed by atoms with Gasteiger partial charge in [0.05, 0.1) is 25.4 Å². The predicted molar refractivity (Wildman–Crippen MR) is 73.8 cm³/mol. The highest BCUT2D eigenvalue weighted by molar-refractivity contribution is 5.98. The van der Waals surface area contributed by atoms with Crippen LogP contribution in [0.4, 0.5) is 0 Å². The Bertz CT molecular complexity index is 489. The first-order valence-corrected chi connectivity index (χ1v) is 6.27. The SMILES string of the molecule is COC(=O)C1=CC(=CCC(C)(C)O)CC(C(=O)OC)=C1. The Balaban J connectivity index is 3.06. The highest BCUT2D eigenvalue weighted by Crippen LogP contribution is 2.25. The molecule has 0 aromatic carbocycles. The summed E-state index contributed by atoms with van der Waals surface area (Å²) >= 11 is 0. The van der Waals surface area contributed by atoms with E-state index >= 15 is 0 Å². The Morgan fingerprint density at radius 1 is 1.25 bits per heavy atom. The molecule has 1 N–H and O–H groups in total. The molecule has 1 aliphatic carbocycles. The summed E-state index contributed by atoms with van der Waals surface area (Å²) in [6, 6.07) is 0. The number of rotatable bonds is 4. The number of hydrogen-bond donors (Lipinski definition) is 1. The molecular weight excluding hydrogens is 260 g/mol. The van der Waals surface area contributed by atoms with Crippen LogP contribution < -0.4 is 0 Å². The number of carbonyl (C=O) groups is 2. The van der Waals surface area contributed by atoms with Gasteiger partial charge < -0.3 is 14.6 Å². The Kier molecular flexibility index (Phi) is 5.27. The summed E-state index contributed by atoms with van der Waals surface area (Å²) in [5, 5.41) is 9.73. The second kappa shape index (κ2) is 6.52. The monoisotopic (exact) mass is 280 g/mol.